The van der Waals surface area contributed by atoms with Gasteiger partial charge >= 0.3 is 0 Å². The molecule has 1 aromatic heterocycles. The first-order valence-electron chi connectivity index (χ1n) is 9.62. The average Bonchev–Trinajstić information content (AvgIpc) is 2.53. The van der Waals surface area contributed by atoms with Gasteiger partial charge in [-0.25, -0.2) is 0 Å². The van der Waals surface area contributed by atoms with Gasteiger partial charge in [0.25, 0.3) is 5.56 Å². The normalized spacial score (nSPS) is 34.0. The molecule has 25 heavy (non-hydrogen) atoms. The Morgan fingerprint density at radius 1 is 1.20 bits per heavy atom. The van der Waals surface area contributed by atoms with E-state index in [-0.39, 0.29) is 30.0 Å². The number of aliphatic hydroxyl groups excluding tert-OH is 1. The highest BCUT2D eigenvalue weighted by Crippen LogP contribution is 2.61. The lowest BCUT2D eigenvalue weighted by Crippen LogP contribution is -2.48. The molecule has 4 saturated carbocycles. The van der Waals surface area contributed by atoms with Gasteiger partial charge in [-0.1, -0.05) is 6.07 Å². The van der Waals surface area contributed by atoms with Crippen molar-refractivity contribution < 1.29 is 9.90 Å². The summed E-state index contributed by atoms with van der Waals surface area (Å²) in [6.07, 6.45) is 9.30. The minimum Gasteiger partial charge on any atom is -0.389 e. The number of hydrogen-bond acceptors (Lipinski definition) is 3. The van der Waals surface area contributed by atoms with Crippen molar-refractivity contribution in [2.45, 2.75) is 57.6 Å². The number of aliphatic hydroxyl groups is 1. The second-order valence-electron chi connectivity index (χ2n) is 8.74. The number of amides is 1. The van der Waals surface area contributed by atoms with Gasteiger partial charge in [0.05, 0.1) is 12.6 Å². The molecule has 0 spiro atoms. The number of carbonyl (C=O) groups is 1. The minimum atomic E-state index is -0.750. The molecule has 0 saturated heterocycles. The Morgan fingerprint density at radius 2 is 1.84 bits per heavy atom. The molecule has 4 fully saturated rings. The molecule has 1 amide bonds. The van der Waals surface area contributed by atoms with Crippen LogP contribution in [0.3, 0.4) is 0 Å². The van der Waals surface area contributed by atoms with Crippen molar-refractivity contribution in [2.24, 2.45) is 23.2 Å². The molecular formula is C20H28N2O3. The van der Waals surface area contributed by atoms with Crippen LogP contribution in [0.15, 0.2) is 29.2 Å². The fraction of sp³-hybridized carbons (Fsp3) is 0.700. The van der Waals surface area contributed by atoms with E-state index in [4.69, 9.17) is 0 Å². The van der Waals surface area contributed by atoms with E-state index < -0.39 is 6.10 Å². The zero-order chi connectivity index (χ0) is 17.4. The van der Waals surface area contributed by atoms with E-state index in [0.29, 0.717) is 6.42 Å². The van der Waals surface area contributed by atoms with E-state index in [0.717, 1.165) is 17.8 Å². The standard InChI is InChI=1S/C20H28N2O3/c23-17(13-22-4-2-1-3-19(22)25)12-21-18(24)11-20-8-14-5-15(9-20)7-16(6-14)10-20/h1-4,14-17,23H,5-13H2,(H,21,24). The molecule has 2 N–H and O–H groups in total. The molecule has 1 unspecified atom stereocenters. The summed E-state index contributed by atoms with van der Waals surface area (Å²) in [7, 11) is 0. The Balaban J connectivity index is 1.28. The molecule has 1 aromatic rings. The third-order valence-corrected chi connectivity index (χ3v) is 6.54. The second kappa shape index (κ2) is 6.60. The number of hydrogen-bond donors (Lipinski definition) is 2. The first-order chi connectivity index (χ1) is 12.0. The average molecular weight is 344 g/mol. The number of nitrogens with one attached hydrogen (secondary N) is 1. The monoisotopic (exact) mass is 344 g/mol. The van der Waals surface area contributed by atoms with Crippen molar-refractivity contribution >= 4 is 5.91 Å². The third-order valence-electron chi connectivity index (χ3n) is 6.54. The summed E-state index contributed by atoms with van der Waals surface area (Å²) in [5.41, 5.74) is 0.0848. The van der Waals surface area contributed by atoms with Crippen LogP contribution in [-0.4, -0.2) is 28.2 Å². The summed E-state index contributed by atoms with van der Waals surface area (Å²) in [5, 5.41) is 13.0. The number of aromatic nitrogens is 1. The van der Waals surface area contributed by atoms with Crippen LogP contribution in [0.4, 0.5) is 0 Å². The van der Waals surface area contributed by atoms with Crippen LogP contribution < -0.4 is 10.9 Å². The molecule has 1 atom stereocenters. The smallest absolute Gasteiger partial charge is 0.250 e. The number of pyridine rings is 1. The van der Waals surface area contributed by atoms with E-state index >= 15 is 0 Å². The van der Waals surface area contributed by atoms with Crippen molar-refractivity contribution in [3.8, 4) is 0 Å². The summed E-state index contributed by atoms with van der Waals surface area (Å²) >= 11 is 0. The minimum absolute atomic E-state index is 0.0569. The number of nitrogens with zero attached hydrogens (tertiary/aromatic N) is 1. The Labute approximate surface area is 148 Å². The van der Waals surface area contributed by atoms with Crippen molar-refractivity contribution in [3.05, 3.63) is 34.7 Å². The molecule has 5 nitrogen and oxygen atoms in total. The molecule has 1 heterocycles. The predicted octanol–water partition coefficient (Wildman–Crippen LogP) is 1.93. The quantitative estimate of drug-likeness (QED) is 0.828. The van der Waals surface area contributed by atoms with Crippen LogP contribution in [-0.2, 0) is 11.3 Å². The Bertz CT molecular complexity index is 661. The maximum absolute atomic E-state index is 12.5. The molecule has 5 rings (SSSR count). The lowest BCUT2D eigenvalue weighted by Gasteiger charge is -2.56. The van der Waals surface area contributed by atoms with Gasteiger partial charge in [0.2, 0.25) is 5.91 Å². The van der Waals surface area contributed by atoms with Crippen molar-refractivity contribution in [2.75, 3.05) is 6.54 Å². The van der Waals surface area contributed by atoms with Crippen LogP contribution in [0.5, 0.6) is 0 Å². The zero-order valence-corrected chi connectivity index (χ0v) is 14.7. The molecular weight excluding hydrogens is 316 g/mol. The van der Waals surface area contributed by atoms with Crippen LogP contribution in [0.2, 0.25) is 0 Å². The fourth-order valence-electron chi connectivity index (χ4n) is 6.04. The fourth-order valence-corrected chi connectivity index (χ4v) is 6.04. The van der Waals surface area contributed by atoms with E-state index in [1.54, 1.807) is 18.3 Å². The summed E-state index contributed by atoms with van der Waals surface area (Å²) in [4.78, 5) is 24.1. The molecule has 0 aliphatic heterocycles. The predicted molar refractivity (Wildman–Crippen MR) is 94.9 cm³/mol. The molecule has 4 aliphatic carbocycles. The van der Waals surface area contributed by atoms with Gasteiger partial charge in [-0.3, -0.25) is 9.59 Å². The van der Waals surface area contributed by atoms with Crippen LogP contribution >= 0.6 is 0 Å². The van der Waals surface area contributed by atoms with E-state index in [9.17, 15) is 14.7 Å². The summed E-state index contributed by atoms with van der Waals surface area (Å²) < 4.78 is 1.47. The molecule has 0 aromatic carbocycles. The first kappa shape index (κ1) is 16.8. The van der Waals surface area contributed by atoms with Crippen molar-refractivity contribution in [1.82, 2.24) is 9.88 Å². The van der Waals surface area contributed by atoms with Crippen molar-refractivity contribution in [3.63, 3.8) is 0 Å². The Kier molecular flexibility index (Phi) is 4.44. The van der Waals surface area contributed by atoms with Crippen molar-refractivity contribution in [1.29, 1.82) is 0 Å². The molecule has 0 radical (unpaired) electrons. The molecule has 4 bridgehead atoms. The van der Waals surface area contributed by atoms with Gasteiger partial charge in [-0.2, -0.15) is 0 Å². The highest BCUT2D eigenvalue weighted by molar-refractivity contribution is 5.76. The SMILES string of the molecule is O=C(CC12CC3CC(CC(C3)C1)C2)NCC(O)Cn1ccccc1=O. The lowest BCUT2D eigenvalue weighted by molar-refractivity contribution is -0.129. The van der Waals surface area contributed by atoms with E-state index in [2.05, 4.69) is 5.32 Å². The second-order valence-corrected chi connectivity index (χ2v) is 8.74. The molecule has 4 aliphatic rings. The largest absolute Gasteiger partial charge is 0.389 e. The Morgan fingerprint density at radius 3 is 2.44 bits per heavy atom. The highest BCUT2D eigenvalue weighted by Gasteiger charge is 2.51. The van der Waals surface area contributed by atoms with E-state index in [1.165, 1.54) is 49.2 Å². The molecule has 136 valence electrons. The summed E-state index contributed by atoms with van der Waals surface area (Å²) in [5.74, 6) is 2.58. The summed E-state index contributed by atoms with van der Waals surface area (Å²) in [6.45, 7) is 0.407. The zero-order valence-electron chi connectivity index (χ0n) is 14.7. The third kappa shape index (κ3) is 3.66. The highest BCUT2D eigenvalue weighted by atomic mass is 16.3. The van der Waals surface area contributed by atoms with Crippen LogP contribution in [0, 0.1) is 23.2 Å². The van der Waals surface area contributed by atoms with Gasteiger partial charge in [0.1, 0.15) is 0 Å². The van der Waals surface area contributed by atoms with Gasteiger partial charge in [0, 0.05) is 25.2 Å². The van der Waals surface area contributed by atoms with Gasteiger partial charge < -0.3 is 15.0 Å². The molecule has 5 heteroatoms. The van der Waals surface area contributed by atoms with Crippen LogP contribution in [0.1, 0.15) is 44.9 Å². The number of rotatable bonds is 6. The Hall–Kier alpha value is -1.62. The first-order valence-corrected chi connectivity index (χ1v) is 9.62. The lowest BCUT2D eigenvalue weighted by atomic mass is 9.49. The van der Waals surface area contributed by atoms with Gasteiger partial charge in [0.15, 0.2) is 0 Å². The van der Waals surface area contributed by atoms with Gasteiger partial charge in [-0.05, 0) is 67.8 Å². The van der Waals surface area contributed by atoms with Crippen LogP contribution in [0.25, 0.3) is 0 Å². The van der Waals surface area contributed by atoms with E-state index in [1.807, 2.05) is 0 Å². The van der Waals surface area contributed by atoms with Gasteiger partial charge in [-0.15, -0.1) is 0 Å². The topological polar surface area (TPSA) is 71.3 Å². The summed E-state index contributed by atoms with van der Waals surface area (Å²) in [6, 6.07) is 4.91. The maximum Gasteiger partial charge on any atom is 0.250 e. The maximum atomic E-state index is 12.5. The number of carbonyl (C=O) groups excluding carboxylic acids is 1.